The third-order valence-corrected chi connectivity index (χ3v) is 10.1. The van der Waals surface area contributed by atoms with Crippen molar-refractivity contribution in [2.45, 2.75) is 140 Å². The number of aliphatic hydroxyl groups excluding tert-OH is 3. The molecule has 0 saturated carbocycles. The lowest BCUT2D eigenvalue weighted by Gasteiger charge is -2.49. The van der Waals surface area contributed by atoms with Gasteiger partial charge < -0.3 is 60.4 Å². The van der Waals surface area contributed by atoms with Crippen LogP contribution in [0.25, 0.3) is 0 Å². The van der Waals surface area contributed by atoms with Crippen LogP contribution >= 0.6 is 0 Å². The van der Waals surface area contributed by atoms with Crippen molar-refractivity contribution in [2.75, 3.05) is 40.3 Å². The molecule has 2 saturated heterocycles. The fraction of sp³-hybridized carbons (Fsp3) is 0.969. The first kappa shape index (κ1) is 40.2. The Labute approximate surface area is 269 Å². The normalized spacial score (nSPS) is 46.3. The lowest BCUT2D eigenvalue weighted by Crippen LogP contribution is -2.64. The third-order valence-electron chi connectivity index (χ3n) is 10.1. The Kier molecular flexibility index (Phi) is 14.7. The Morgan fingerprint density at radius 3 is 2.27 bits per heavy atom. The van der Waals surface area contributed by atoms with Gasteiger partial charge in [-0.25, -0.2) is 0 Å². The largest absolute Gasteiger partial charge is 0.459 e. The molecule has 0 aromatic heterocycles. The maximum Gasteiger partial charge on any atom is 0.312 e. The van der Waals surface area contributed by atoms with Crippen molar-refractivity contribution in [3.05, 3.63) is 0 Å². The highest BCUT2D eigenvalue weighted by atomic mass is 16.7. The summed E-state index contributed by atoms with van der Waals surface area (Å²) in [6, 6.07) is -0.876. The molecule has 266 valence electrons. The molecule has 14 atom stereocenters. The average Bonchev–Trinajstić information content (AvgIpc) is 2.96. The summed E-state index contributed by atoms with van der Waals surface area (Å²) >= 11 is 0. The molecule has 0 aromatic rings. The number of nitrogens with zero attached hydrogens (tertiary/aromatic N) is 1. The van der Waals surface area contributed by atoms with Gasteiger partial charge in [0.1, 0.15) is 23.9 Å². The van der Waals surface area contributed by atoms with Crippen molar-refractivity contribution in [2.24, 2.45) is 17.8 Å². The molecule has 0 aliphatic carbocycles. The van der Waals surface area contributed by atoms with Crippen molar-refractivity contribution in [1.82, 2.24) is 15.5 Å². The van der Waals surface area contributed by atoms with E-state index in [4.69, 9.17) is 14.2 Å². The third kappa shape index (κ3) is 9.56. The number of cyclic esters (lactones) is 1. The van der Waals surface area contributed by atoms with Gasteiger partial charge >= 0.3 is 5.97 Å². The molecular weight excluding hydrogens is 586 g/mol. The quantitative estimate of drug-likeness (QED) is 0.125. The lowest BCUT2D eigenvalue weighted by molar-refractivity contribution is -0.304. The standard InChI is InChI=1S/C32H63N3O10/c1-11-24-31(8,41)26(38)22(6)34-16-18(2)15-30(7,40)27(45-29-25(37)23(35(9)10)14-19(3)43-29)20(4)32(42,17-33-12-13-36)21(5)28(39)44-24/h18-27,29,33-34,36-38,40-42H,11-17H2,1-10H3/t18-,19-,20-,21?,22-,23+,24-,25-,26-,27-,29+,30+,31-,32-/m1/s1. The molecule has 13 heteroatoms. The van der Waals surface area contributed by atoms with E-state index in [-0.39, 0.29) is 50.6 Å². The zero-order chi connectivity index (χ0) is 34.5. The molecule has 2 rings (SSSR count). The van der Waals surface area contributed by atoms with Gasteiger partial charge in [0.05, 0.1) is 35.9 Å². The molecule has 45 heavy (non-hydrogen) atoms. The van der Waals surface area contributed by atoms with Gasteiger partial charge in [-0.15, -0.1) is 0 Å². The molecule has 0 bridgehead atoms. The van der Waals surface area contributed by atoms with Crippen molar-refractivity contribution in [3.63, 3.8) is 0 Å². The summed E-state index contributed by atoms with van der Waals surface area (Å²) in [5.74, 6) is -3.16. The van der Waals surface area contributed by atoms with Gasteiger partial charge in [0.2, 0.25) is 0 Å². The van der Waals surface area contributed by atoms with E-state index in [0.717, 1.165) is 0 Å². The number of hydrogen-bond acceptors (Lipinski definition) is 13. The number of carbonyl (C=O) groups is 1. The first-order valence-corrected chi connectivity index (χ1v) is 16.5. The minimum Gasteiger partial charge on any atom is -0.459 e. The van der Waals surface area contributed by atoms with Gasteiger partial charge in [0, 0.05) is 31.1 Å². The molecule has 13 nitrogen and oxygen atoms in total. The SMILES string of the molecule is CC[C@H]1OC(=O)C(C)[C@@](O)(CNCCO)[C@H](C)[C@@H](O[C@@H]2O[C@H](C)C[C@H](N(C)C)[C@H]2O)[C@@](C)(O)C[C@@H](C)CN[C@H](C)[C@@H](O)[C@]1(C)O. The number of esters is 1. The number of likely N-dealkylation sites (N-methyl/N-ethyl adjacent to an activating group) is 1. The first-order chi connectivity index (χ1) is 20.7. The van der Waals surface area contributed by atoms with Gasteiger partial charge in [0.25, 0.3) is 0 Å². The van der Waals surface area contributed by atoms with E-state index in [0.29, 0.717) is 13.0 Å². The molecule has 0 radical (unpaired) electrons. The predicted octanol–water partition coefficient (Wildman–Crippen LogP) is -0.415. The van der Waals surface area contributed by atoms with Crippen LogP contribution in [0.15, 0.2) is 0 Å². The number of aliphatic hydroxyl groups is 6. The van der Waals surface area contributed by atoms with E-state index in [2.05, 4.69) is 10.6 Å². The summed E-state index contributed by atoms with van der Waals surface area (Å²) in [5, 5.41) is 74.2. The topological polar surface area (TPSA) is 193 Å². The maximum absolute atomic E-state index is 13.8. The number of hydrogen-bond donors (Lipinski definition) is 8. The van der Waals surface area contributed by atoms with E-state index in [1.165, 1.54) is 13.8 Å². The Hall–Kier alpha value is -0.970. The smallest absolute Gasteiger partial charge is 0.312 e. The van der Waals surface area contributed by atoms with Crippen molar-refractivity contribution in [1.29, 1.82) is 0 Å². The summed E-state index contributed by atoms with van der Waals surface area (Å²) < 4.78 is 18.4. The highest BCUT2D eigenvalue weighted by molar-refractivity contribution is 5.74. The molecule has 8 N–H and O–H groups in total. The number of nitrogens with one attached hydrogen (secondary N) is 2. The van der Waals surface area contributed by atoms with Gasteiger partial charge in [-0.3, -0.25) is 4.79 Å². The number of carbonyl (C=O) groups excluding carboxylic acids is 1. The predicted molar refractivity (Wildman–Crippen MR) is 169 cm³/mol. The molecule has 2 heterocycles. The van der Waals surface area contributed by atoms with Crippen molar-refractivity contribution < 1.29 is 49.6 Å². The summed E-state index contributed by atoms with van der Waals surface area (Å²) in [7, 11) is 3.72. The number of ether oxygens (including phenoxy) is 3. The molecule has 0 spiro atoms. The minimum absolute atomic E-state index is 0.129. The molecule has 1 unspecified atom stereocenters. The summed E-state index contributed by atoms with van der Waals surface area (Å²) in [6.07, 6.45) is -5.06. The second-order valence-electron chi connectivity index (χ2n) is 14.4. The fourth-order valence-corrected chi connectivity index (χ4v) is 7.09. The summed E-state index contributed by atoms with van der Waals surface area (Å²) in [5.41, 5.74) is -5.33. The minimum atomic E-state index is -1.91. The van der Waals surface area contributed by atoms with Crippen LogP contribution in [-0.4, -0.2) is 148 Å². The zero-order valence-electron chi connectivity index (χ0n) is 29.1. The van der Waals surface area contributed by atoms with Crippen LogP contribution in [0, 0.1) is 17.8 Å². The molecule has 2 fully saturated rings. The molecule has 2 aliphatic heterocycles. The maximum atomic E-state index is 13.8. The van der Waals surface area contributed by atoms with Crippen LogP contribution in [0.4, 0.5) is 0 Å². The summed E-state index contributed by atoms with van der Waals surface area (Å²) in [4.78, 5) is 15.7. The Bertz CT molecular complexity index is 924. The van der Waals surface area contributed by atoms with Crippen LogP contribution in [0.3, 0.4) is 0 Å². The van der Waals surface area contributed by atoms with Crippen LogP contribution in [0.2, 0.25) is 0 Å². The van der Waals surface area contributed by atoms with E-state index >= 15 is 0 Å². The van der Waals surface area contributed by atoms with Gasteiger partial charge in [-0.1, -0.05) is 20.8 Å². The van der Waals surface area contributed by atoms with E-state index in [9.17, 15) is 35.4 Å². The Balaban J connectivity index is 2.67. The summed E-state index contributed by atoms with van der Waals surface area (Å²) in [6.45, 7) is 13.6. The average molecular weight is 650 g/mol. The zero-order valence-corrected chi connectivity index (χ0v) is 29.1. The Morgan fingerprint density at radius 2 is 1.71 bits per heavy atom. The monoisotopic (exact) mass is 649 g/mol. The van der Waals surface area contributed by atoms with Crippen LogP contribution in [0.5, 0.6) is 0 Å². The molecular formula is C32H63N3O10. The van der Waals surface area contributed by atoms with Gasteiger partial charge in [-0.05, 0) is 80.4 Å². The second-order valence-corrected chi connectivity index (χ2v) is 14.4. The molecule has 2 aliphatic rings. The number of rotatable bonds is 8. The second kappa shape index (κ2) is 16.4. The molecule has 0 amide bonds. The van der Waals surface area contributed by atoms with Crippen LogP contribution < -0.4 is 10.6 Å². The van der Waals surface area contributed by atoms with E-state index in [1.807, 2.05) is 32.8 Å². The fourth-order valence-electron chi connectivity index (χ4n) is 7.09. The van der Waals surface area contributed by atoms with E-state index in [1.54, 1.807) is 27.7 Å². The Morgan fingerprint density at radius 1 is 1.09 bits per heavy atom. The highest BCUT2D eigenvalue weighted by Crippen LogP contribution is 2.40. The van der Waals surface area contributed by atoms with Crippen molar-refractivity contribution >= 4 is 5.97 Å². The molecule has 0 aromatic carbocycles. The van der Waals surface area contributed by atoms with Crippen LogP contribution in [0.1, 0.15) is 74.7 Å². The first-order valence-electron chi connectivity index (χ1n) is 16.5. The van der Waals surface area contributed by atoms with Crippen molar-refractivity contribution in [3.8, 4) is 0 Å². The van der Waals surface area contributed by atoms with E-state index < -0.39 is 71.4 Å². The lowest BCUT2D eigenvalue weighted by atomic mass is 9.70. The van der Waals surface area contributed by atoms with Gasteiger partial charge in [0.15, 0.2) is 6.29 Å². The van der Waals surface area contributed by atoms with Crippen LogP contribution in [-0.2, 0) is 19.0 Å². The highest BCUT2D eigenvalue weighted by Gasteiger charge is 2.54. The van der Waals surface area contributed by atoms with Gasteiger partial charge in [-0.2, -0.15) is 0 Å².